The maximum Gasteiger partial charge on any atom is 0.316 e. The smallest absolute Gasteiger partial charge is 0.316 e. The molecule has 1 aliphatic heterocycles. The van der Waals surface area contributed by atoms with E-state index in [9.17, 15) is 9.59 Å². The van der Waals surface area contributed by atoms with Crippen molar-refractivity contribution in [3.63, 3.8) is 0 Å². The molecular formula is C5H6O3. The van der Waals surface area contributed by atoms with Crippen LogP contribution in [-0.4, -0.2) is 11.9 Å². The van der Waals surface area contributed by atoms with Gasteiger partial charge in [-0.05, 0) is 0 Å². The summed E-state index contributed by atoms with van der Waals surface area (Å²) >= 11 is 0. The molecule has 0 N–H and O–H groups in total. The third-order valence-corrected chi connectivity index (χ3v) is 1.09. The van der Waals surface area contributed by atoms with Crippen molar-refractivity contribution in [1.82, 2.24) is 0 Å². The molecule has 1 atom stereocenters. The number of rotatable bonds is 0. The monoisotopic (exact) mass is 114 g/mol. The average Bonchev–Trinajstić information content (AvgIpc) is 1.85. The van der Waals surface area contributed by atoms with E-state index in [4.69, 9.17) is 0 Å². The predicted octanol–water partition coefficient (Wildman–Crippen LogP) is 0.0960. The first kappa shape index (κ1) is 5.28. The number of esters is 2. The lowest BCUT2D eigenvalue weighted by molar-refractivity contribution is -0.152. The van der Waals surface area contributed by atoms with Crippen LogP contribution >= 0.6 is 0 Å². The minimum Gasteiger partial charge on any atom is -0.393 e. The van der Waals surface area contributed by atoms with E-state index in [1.165, 1.54) is 0 Å². The lowest BCUT2D eigenvalue weighted by Gasteiger charge is -1.86. The highest BCUT2D eigenvalue weighted by molar-refractivity contribution is 5.94. The van der Waals surface area contributed by atoms with E-state index in [0.717, 1.165) is 0 Å². The first-order chi connectivity index (χ1) is 3.70. The SMILES string of the molecule is C[C@@H]1CC(=O)OC1=O. The van der Waals surface area contributed by atoms with Crippen LogP contribution in [0.5, 0.6) is 0 Å². The van der Waals surface area contributed by atoms with Crippen molar-refractivity contribution in [1.29, 1.82) is 0 Å². The third-order valence-electron chi connectivity index (χ3n) is 1.09. The Balaban J connectivity index is 2.64. The van der Waals surface area contributed by atoms with Crippen LogP contribution in [0.4, 0.5) is 0 Å². The van der Waals surface area contributed by atoms with Gasteiger partial charge in [0, 0.05) is 0 Å². The van der Waals surface area contributed by atoms with E-state index in [-0.39, 0.29) is 12.3 Å². The first-order valence-corrected chi connectivity index (χ1v) is 2.44. The summed E-state index contributed by atoms with van der Waals surface area (Å²) in [5.41, 5.74) is 0. The van der Waals surface area contributed by atoms with Crippen molar-refractivity contribution in [2.24, 2.45) is 5.92 Å². The van der Waals surface area contributed by atoms with Crippen LogP contribution in [0.3, 0.4) is 0 Å². The maximum atomic E-state index is 10.3. The summed E-state index contributed by atoms with van der Waals surface area (Å²) in [6, 6.07) is 0. The topological polar surface area (TPSA) is 43.4 Å². The molecule has 0 spiro atoms. The summed E-state index contributed by atoms with van der Waals surface area (Å²) in [7, 11) is 0. The number of hydrogen-bond acceptors (Lipinski definition) is 3. The molecule has 0 aromatic heterocycles. The van der Waals surface area contributed by atoms with Gasteiger partial charge in [0.1, 0.15) is 0 Å². The molecule has 1 fully saturated rings. The van der Waals surface area contributed by atoms with Crippen LogP contribution in [0, 0.1) is 5.92 Å². The van der Waals surface area contributed by atoms with Gasteiger partial charge in [-0.3, -0.25) is 9.59 Å². The molecule has 8 heavy (non-hydrogen) atoms. The molecule has 1 aliphatic rings. The molecule has 0 radical (unpaired) electrons. The molecule has 0 aromatic carbocycles. The molecule has 3 nitrogen and oxygen atoms in total. The maximum absolute atomic E-state index is 10.3. The second kappa shape index (κ2) is 1.58. The second-order valence-corrected chi connectivity index (χ2v) is 1.90. The van der Waals surface area contributed by atoms with E-state index >= 15 is 0 Å². The fourth-order valence-corrected chi connectivity index (χ4v) is 0.588. The largest absolute Gasteiger partial charge is 0.393 e. The van der Waals surface area contributed by atoms with Crippen molar-refractivity contribution < 1.29 is 14.3 Å². The van der Waals surface area contributed by atoms with Gasteiger partial charge in [0.2, 0.25) is 0 Å². The molecule has 1 saturated heterocycles. The number of cyclic esters (lactones) is 2. The number of carbonyl (C=O) groups excluding carboxylic acids is 2. The highest BCUT2D eigenvalue weighted by Gasteiger charge is 2.28. The van der Waals surface area contributed by atoms with E-state index < -0.39 is 11.9 Å². The molecule has 0 amide bonds. The summed E-state index contributed by atoms with van der Waals surface area (Å²) in [5, 5.41) is 0. The Hall–Kier alpha value is -0.860. The second-order valence-electron chi connectivity index (χ2n) is 1.90. The average molecular weight is 114 g/mol. The van der Waals surface area contributed by atoms with Crippen LogP contribution in [0.2, 0.25) is 0 Å². The Morgan fingerprint density at radius 1 is 1.62 bits per heavy atom. The van der Waals surface area contributed by atoms with Gasteiger partial charge in [0.05, 0.1) is 12.3 Å². The highest BCUT2D eigenvalue weighted by atomic mass is 16.6. The van der Waals surface area contributed by atoms with Crippen LogP contribution in [0.25, 0.3) is 0 Å². The standard InChI is InChI=1S/C5H6O3/c1-3-2-4(6)8-5(3)7/h3H,2H2,1H3/t3-/m1/s1. The Morgan fingerprint density at radius 3 is 2.38 bits per heavy atom. The fraction of sp³-hybridized carbons (Fsp3) is 0.600. The third kappa shape index (κ3) is 0.710. The molecule has 0 aromatic rings. The molecule has 0 saturated carbocycles. The van der Waals surface area contributed by atoms with E-state index in [0.29, 0.717) is 0 Å². The normalized spacial score (nSPS) is 28.4. The van der Waals surface area contributed by atoms with Gasteiger partial charge < -0.3 is 4.74 Å². The van der Waals surface area contributed by atoms with Crippen molar-refractivity contribution in [3.05, 3.63) is 0 Å². The minimum absolute atomic E-state index is 0.220. The molecule has 0 aliphatic carbocycles. The Kier molecular flexibility index (Phi) is 1.04. The molecular weight excluding hydrogens is 108 g/mol. The highest BCUT2D eigenvalue weighted by Crippen LogP contribution is 2.13. The molecule has 0 bridgehead atoms. The zero-order valence-corrected chi connectivity index (χ0v) is 4.51. The van der Waals surface area contributed by atoms with Crippen LogP contribution in [0.15, 0.2) is 0 Å². The lowest BCUT2D eigenvalue weighted by Crippen LogP contribution is -2.01. The van der Waals surface area contributed by atoms with E-state index in [1.807, 2.05) is 0 Å². The molecule has 3 heteroatoms. The lowest BCUT2D eigenvalue weighted by atomic mass is 10.1. The van der Waals surface area contributed by atoms with Gasteiger partial charge >= 0.3 is 11.9 Å². The van der Waals surface area contributed by atoms with E-state index in [2.05, 4.69) is 4.74 Å². The molecule has 1 rings (SSSR count). The van der Waals surface area contributed by atoms with Gasteiger partial charge in [-0.1, -0.05) is 6.92 Å². The Bertz CT molecular complexity index is 139. The quantitative estimate of drug-likeness (QED) is 0.331. The van der Waals surface area contributed by atoms with Crippen LogP contribution in [-0.2, 0) is 14.3 Å². The minimum atomic E-state index is -0.400. The van der Waals surface area contributed by atoms with Gasteiger partial charge in [-0.2, -0.15) is 0 Å². The van der Waals surface area contributed by atoms with Gasteiger partial charge in [-0.15, -0.1) is 0 Å². The summed E-state index contributed by atoms with van der Waals surface area (Å²) in [4.78, 5) is 20.6. The summed E-state index contributed by atoms with van der Waals surface area (Å²) < 4.78 is 4.20. The number of carbonyl (C=O) groups is 2. The van der Waals surface area contributed by atoms with Crippen LogP contribution in [0.1, 0.15) is 13.3 Å². The van der Waals surface area contributed by atoms with Crippen molar-refractivity contribution in [3.8, 4) is 0 Å². The number of hydrogen-bond donors (Lipinski definition) is 0. The van der Waals surface area contributed by atoms with Gasteiger partial charge in [0.15, 0.2) is 0 Å². The van der Waals surface area contributed by atoms with Crippen molar-refractivity contribution in [2.45, 2.75) is 13.3 Å². The molecule has 1 heterocycles. The number of ether oxygens (including phenoxy) is 1. The molecule has 0 unspecified atom stereocenters. The summed E-state index contributed by atoms with van der Waals surface area (Å²) in [6.45, 7) is 1.67. The fourth-order valence-electron chi connectivity index (χ4n) is 0.588. The zero-order valence-electron chi connectivity index (χ0n) is 4.51. The van der Waals surface area contributed by atoms with E-state index in [1.54, 1.807) is 6.92 Å². The van der Waals surface area contributed by atoms with Crippen molar-refractivity contribution >= 4 is 11.9 Å². The first-order valence-electron chi connectivity index (χ1n) is 2.44. The van der Waals surface area contributed by atoms with Gasteiger partial charge in [-0.25, -0.2) is 0 Å². The Labute approximate surface area is 46.6 Å². The summed E-state index contributed by atoms with van der Waals surface area (Å²) in [5.74, 6) is -1.01. The molecule has 44 valence electrons. The van der Waals surface area contributed by atoms with Gasteiger partial charge in [0.25, 0.3) is 0 Å². The zero-order chi connectivity index (χ0) is 6.15. The van der Waals surface area contributed by atoms with Crippen molar-refractivity contribution in [2.75, 3.05) is 0 Å². The van der Waals surface area contributed by atoms with Crippen LogP contribution < -0.4 is 0 Å². The summed E-state index contributed by atoms with van der Waals surface area (Å²) in [6.07, 6.45) is 0.249. The predicted molar refractivity (Wildman–Crippen MR) is 24.9 cm³/mol. The Morgan fingerprint density at radius 2 is 2.25 bits per heavy atom.